The monoisotopic (exact) mass is 482 g/mol. The molecule has 182 valence electrons. The fraction of sp³-hybridized carbons (Fsp3) is 0.214. The molecule has 0 saturated carbocycles. The molecular formula is C28H26N4O4. The molecular weight excluding hydrogens is 456 g/mol. The van der Waals surface area contributed by atoms with E-state index in [2.05, 4.69) is 10.6 Å². The third kappa shape index (κ3) is 4.45. The molecule has 2 aliphatic rings. The van der Waals surface area contributed by atoms with Crippen LogP contribution >= 0.6 is 0 Å². The van der Waals surface area contributed by atoms with Gasteiger partial charge in [-0.25, -0.2) is 0 Å². The van der Waals surface area contributed by atoms with Crippen LogP contribution < -0.4 is 20.4 Å². The van der Waals surface area contributed by atoms with Crippen LogP contribution in [-0.4, -0.2) is 36.7 Å². The van der Waals surface area contributed by atoms with Crippen molar-refractivity contribution in [3.63, 3.8) is 0 Å². The number of hydrogen-bond acceptors (Lipinski definition) is 4. The molecule has 0 spiro atoms. The van der Waals surface area contributed by atoms with Gasteiger partial charge in [0.2, 0.25) is 11.8 Å². The Bertz CT molecular complexity index is 1290. The summed E-state index contributed by atoms with van der Waals surface area (Å²) in [5.74, 6) is -0.551. The molecule has 36 heavy (non-hydrogen) atoms. The molecule has 2 heterocycles. The SMILES string of the molecule is CC(=O)N1CCc2cc(NC(=O)c3ccc(C(=O)Nc4ccc5c(c4)CCN5C(C)=O)cc3)ccc21. The van der Waals surface area contributed by atoms with Gasteiger partial charge in [-0.15, -0.1) is 0 Å². The van der Waals surface area contributed by atoms with E-state index in [9.17, 15) is 19.2 Å². The summed E-state index contributed by atoms with van der Waals surface area (Å²) in [6, 6.07) is 17.5. The number of anilines is 4. The van der Waals surface area contributed by atoms with Crippen LogP contribution in [0.3, 0.4) is 0 Å². The summed E-state index contributed by atoms with van der Waals surface area (Å²) in [5, 5.41) is 5.77. The molecule has 8 nitrogen and oxygen atoms in total. The molecule has 2 aliphatic heterocycles. The topological polar surface area (TPSA) is 98.8 Å². The summed E-state index contributed by atoms with van der Waals surface area (Å²) in [7, 11) is 0. The van der Waals surface area contributed by atoms with E-state index in [1.807, 2.05) is 24.3 Å². The normalized spacial score (nSPS) is 13.7. The number of hydrogen-bond donors (Lipinski definition) is 2. The Balaban J connectivity index is 1.22. The van der Waals surface area contributed by atoms with Crippen molar-refractivity contribution in [2.75, 3.05) is 33.5 Å². The first-order valence-electron chi connectivity index (χ1n) is 11.8. The lowest BCUT2D eigenvalue weighted by Crippen LogP contribution is -2.25. The summed E-state index contributed by atoms with van der Waals surface area (Å²) in [6.07, 6.45) is 1.50. The number of carbonyl (C=O) groups is 4. The van der Waals surface area contributed by atoms with Crippen molar-refractivity contribution < 1.29 is 19.2 Å². The van der Waals surface area contributed by atoms with Gasteiger partial charge in [0.05, 0.1) is 0 Å². The highest BCUT2D eigenvalue weighted by atomic mass is 16.2. The molecule has 5 rings (SSSR count). The number of benzene rings is 3. The van der Waals surface area contributed by atoms with Gasteiger partial charge in [0.1, 0.15) is 0 Å². The number of carbonyl (C=O) groups excluding carboxylic acids is 4. The van der Waals surface area contributed by atoms with Crippen LogP contribution in [0.5, 0.6) is 0 Å². The Morgan fingerprint density at radius 1 is 0.611 bits per heavy atom. The summed E-state index contributed by atoms with van der Waals surface area (Å²) in [6.45, 7) is 4.38. The van der Waals surface area contributed by atoms with E-state index in [4.69, 9.17) is 0 Å². The second-order valence-corrected chi connectivity index (χ2v) is 9.01. The van der Waals surface area contributed by atoms with Crippen molar-refractivity contribution in [2.45, 2.75) is 26.7 Å². The largest absolute Gasteiger partial charge is 0.322 e. The average molecular weight is 483 g/mol. The van der Waals surface area contributed by atoms with E-state index >= 15 is 0 Å². The van der Waals surface area contributed by atoms with Gasteiger partial charge in [-0.3, -0.25) is 19.2 Å². The van der Waals surface area contributed by atoms with Crippen molar-refractivity contribution >= 4 is 46.4 Å². The fourth-order valence-electron chi connectivity index (χ4n) is 4.79. The van der Waals surface area contributed by atoms with E-state index in [0.29, 0.717) is 35.6 Å². The molecule has 4 amide bonds. The van der Waals surface area contributed by atoms with Gasteiger partial charge in [0.15, 0.2) is 0 Å². The highest BCUT2D eigenvalue weighted by molar-refractivity contribution is 6.07. The quantitative estimate of drug-likeness (QED) is 0.587. The zero-order valence-corrected chi connectivity index (χ0v) is 20.1. The molecule has 8 heteroatoms. The zero-order chi connectivity index (χ0) is 25.4. The third-order valence-corrected chi connectivity index (χ3v) is 6.64. The van der Waals surface area contributed by atoms with Crippen LogP contribution in [0, 0.1) is 0 Å². The lowest BCUT2D eigenvalue weighted by atomic mass is 10.1. The maximum atomic E-state index is 12.7. The van der Waals surface area contributed by atoms with Gasteiger partial charge in [-0.2, -0.15) is 0 Å². The van der Waals surface area contributed by atoms with E-state index in [1.165, 1.54) is 0 Å². The van der Waals surface area contributed by atoms with E-state index in [0.717, 1.165) is 35.3 Å². The van der Waals surface area contributed by atoms with Crippen LogP contribution in [0.15, 0.2) is 60.7 Å². The maximum absolute atomic E-state index is 12.7. The van der Waals surface area contributed by atoms with Crippen LogP contribution in [0.1, 0.15) is 45.7 Å². The molecule has 0 radical (unpaired) electrons. The summed E-state index contributed by atoms with van der Waals surface area (Å²) in [5.41, 5.74) is 5.99. The number of fused-ring (bicyclic) bond motifs is 2. The lowest BCUT2D eigenvalue weighted by Gasteiger charge is -2.15. The fourth-order valence-corrected chi connectivity index (χ4v) is 4.79. The predicted octanol–water partition coefficient (Wildman–Crippen LogP) is 4.01. The first kappa shape index (κ1) is 23.3. The Kier molecular flexibility index (Phi) is 6.01. The standard InChI is InChI=1S/C28H26N4O4/c1-17(33)31-13-11-21-15-23(7-9-25(21)31)29-27(35)19-3-5-20(6-4-19)28(36)30-24-8-10-26-22(16-24)12-14-32(26)18(2)34/h3-10,15-16H,11-14H2,1-2H3,(H,29,35)(H,30,36). The number of rotatable bonds is 4. The van der Waals surface area contributed by atoms with Crippen LogP contribution in [-0.2, 0) is 22.4 Å². The second kappa shape index (κ2) is 9.30. The first-order valence-corrected chi connectivity index (χ1v) is 11.8. The molecule has 0 bridgehead atoms. The molecule has 3 aromatic carbocycles. The van der Waals surface area contributed by atoms with Gasteiger partial charge < -0.3 is 20.4 Å². The number of nitrogens with zero attached hydrogens (tertiary/aromatic N) is 2. The van der Waals surface area contributed by atoms with Crippen LogP contribution in [0.25, 0.3) is 0 Å². The van der Waals surface area contributed by atoms with Gasteiger partial charge in [-0.05, 0) is 84.6 Å². The van der Waals surface area contributed by atoms with Crippen molar-refractivity contribution in [1.82, 2.24) is 0 Å². The molecule has 0 aromatic heterocycles. The van der Waals surface area contributed by atoms with Gasteiger partial charge >= 0.3 is 0 Å². The minimum absolute atomic E-state index is 0.00506. The summed E-state index contributed by atoms with van der Waals surface area (Å²) >= 11 is 0. The maximum Gasteiger partial charge on any atom is 0.255 e. The highest BCUT2D eigenvalue weighted by Crippen LogP contribution is 2.32. The average Bonchev–Trinajstić information content (AvgIpc) is 3.48. The molecule has 0 fully saturated rings. The second-order valence-electron chi connectivity index (χ2n) is 9.01. The Labute approximate surface area is 208 Å². The Hall–Kier alpha value is -4.46. The van der Waals surface area contributed by atoms with Crippen molar-refractivity contribution in [1.29, 1.82) is 0 Å². The minimum Gasteiger partial charge on any atom is -0.322 e. The molecule has 0 aliphatic carbocycles. The van der Waals surface area contributed by atoms with Gasteiger partial charge in [0.25, 0.3) is 11.8 Å². The number of nitrogens with one attached hydrogen (secondary N) is 2. The van der Waals surface area contributed by atoms with E-state index in [-0.39, 0.29) is 23.6 Å². The van der Waals surface area contributed by atoms with Crippen molar-refractivity contribution in [3.8, 4) is 0 Å². The Morgan fingerprint density at radius 3 is 1.36 bits per heavy atom. The van der Waals surface area contributed by atoms with Gasteiger partial charge in [0, 0.05) is 60.8 Å². The third-order valence-electron chi connectivity index (χ3n) is 6.64. The molecule has 2 N–H and O–H groups in total. The molecule has 0 unspecified atom stereocenters. The van der Waals surface area contributed by atoms with Crippen LogP contribution in [0.2, 0.25) is 0 Å². The van der Waals surface area contributed by atoms with E-state index < -0.39 is 0 Å². The molecule has 0 saturated heterocycles. The van der Waals surface area contributed by atoms with Crippen molar-refractivity contribution in [3.05, 3.63) is 82.9 Å². The summed E-state index contributed by atoms with van der Waals surface area (Å²) < 4.78 is 0. The lowest BCUT2D eigenvalue weighted by molar-refractivity contribution is -0.117. The molecule has 3 aromatic rings. The van der Waals surface area contributed by atoms with Crippen LogP contribution in [0.4, 0.5) is 22.7 Å². The molecule has 0 atom stereocenters. The number of amides is 4. The highest BCUT2D eigenvalue weighted by Gasteiger charge is 2.23. The zero-order valence-electron chi connectivity index (χ0n) is 20.1. The predicted molar refractivity (Wildman–Crippen MR) is 139 cm³/mol. The van der Waals surface area contributed by atoms with E-state index in [1.54, 1.807) is 60.0 Å². The van der Waals surface area contributed by atoms with Gasteiger partial charge in [-0.1, -0.05) is 0 Å². The Morgan fingerprint density at radius 2 is 1.00 bits per heavy atom. The minimum atomic E-state index is -0.281. The van der Waals surface area contributed by atoms with Crippen molar-refractivity contribution in [2.24, 2.45) is 0 Å². The smallest absolute Gasteiger partial charge is 0.255 e. The summed E-state index contributed by atoms with van der Waals surface area (Å²) in [4.78, 5) is 52.4. The first-order chi connectivity index (χ1) is 17.3.